The van der Waals surface area contributed by atoms with Gasteiger partial charge in [0.15, 0.2) is 0 Å². The molecule has 1 rings (SSSR count). The van der Waals surface area contributed by atoms with Crippen LogP contribution in [0.4, 0.5) is 43.9 Å². The Morgan fingerprint density at radius 2 is 1.65 bits per heavy atom. The summed E-state index contributed by atoms with van der Waals surface area (Å²) >= 11 is 5.82. The molecule has 1 aromatic rings. The number of likely N-dealkylation sites (N-methyl/N-ethyl adjacent to an activating group) is 1. The van der Waals surface area contributed by atoms with E-state index in [0.29, 0.717) is 12.2 Å². The van der Waals surface area contributed by atoms with Gasteiger partial charge in [0.05, 0.1) is 17.7 Å². The number of amides is 2. The van der Waals surface area contributed by atoms with Gasteiger partial charge in [-0.1, -0.05) is 36.4 Å². The molecule has 4 nitrogen and oxygen atoms in total. The summed E-state index contributed by atoms with van der Waals surface area (Å²) in [5.74, 6) is -6.83. The van der Waals surface area contributed by atoms with Gasteiger partial charge in [0.25, 0.3) is 5.91 Å². The number of nitrogens with zero attached hydrogens (tertiary/aromatic N) is 1. The van der Waals surface area contributed by atoms with Gasteiger partial charge in [0, 0.05) is 12.1 Å². The quantitative estimate of drug-likeness (QED) is 0.182. The van der Waals surface area contributed by atoms with Gasteiger partial charge >= 0.3 is 18.5 Å². The number of allylic oxidation sites excluding steroid dienone is 5. The van der Waals surface area contributed by atoms with Gasteiger partial charge in [-0.05, 0) is 48.8 Å². The topological polar surface area (TPSA) is 49.4 Å². The molecular formula is C25H23ClF10N2O2. The molecule has 0 heterocycles. The number of hydrogen-bond acceptors (Lipinski definition) is 2. The summed E-state index contributed by atoms with van der Waals surface area (Å²) in [6.07, 6.45) is -13.8. The molecule has 0 saturated carbocycles. The third kappa shape index (κ3) is 10.7. The summed E-state index contributed by atoms with van der Waals surface area (Å²) in [5, 5.41) is 1.88. The van der Waals surface area contributed by atoms with Crippen LogP contribution in [0.1, 0.15) is 24.0 Å². The molecular weight excluding hydrogens is 586 g/mol. The number of alkyl halides is 9. The number of halogens is 11. The lowest BCUT2D eigenvalue weighted by Gasteiger charge is -2.19. The molecule has 15 heteroatoms. The van der Waals surface area contributed by atoms with Crippen LogP contribution >= 0.6 is 11.6 Å². The summed E-state index contributed by atoms with van der Waals surface area (Å²) in [7, 11) is 0.744. The van der Waals surface area contributed by atoms with Crippen LogP contribution in [0.2, 0.25) is 5.02 Å². The molecule has 1 atom stereocenters. The van der Waals surface area contributed by atoms with Crippen molar-refractivity contribution in [3.8, 4) is 0 Å². The lowest BCUT2D eigenvalue weighted by molar-refractivity contribution is -0.157. The van der Waals surface area contributed by atoms with Gasteiger partial charge in [0.1, 0.15) is 18.3 Å². The SMILES string of the molecule is C=C(\C(=C/C=C(C)/C(F)=C/C(c1ccc(Cl)c(C)c1)C(F)(F)F)C(=O)NCC(=O)N(C)CC(F)(F)F)C(F)(F)F. The molecule has 222 valence electrons. The molecule has 0 aliphatic rings. The molecule has 1 unspecified atom stereocenters. The number of carbonyl (C=O) groups is 2. The van der Waals surface area contributed by atoms with Gasteiger partial charge in [-0.2, -0.15) is 39.5 Å². The molecule has 0 spiro atoms. The summed E-state index contributed by atoms with van der Waals surface area (Å²) in [6.45, 7) is 2.25. The average molecular weight is 609 g/mol. The second-order valence-electron chi connectivity index (χ2n) is 8.50. The van der Waals surface area contributed by atoms with Gasteiger partial charge in [-0.3, -0.25) is 9.59 Å². The molecule has 0 saturated heterocycles. The van der Waals surface area contributed by atoms with E-state index >= 15 is 0 Å². The number of carbonyl (C=O) groups excluding carboxylic acids is 2. The lowest BCUT2D eigenvalue weighted by atomic mass is 9.95. The van der Waals surface area contributed by atoms with Crippen molar-refractivity contribution in [3.05, 3.63) is 81.7 Å². The molecule has 1 aromatic carbocycles. The zero-order valence-corrected chi connectivity index (χ0v) is 21.8. The Kier molecular flexibility index (Phi) is 11.6. The van der Waals surface area contributed by atoms with Crippen LogP contribution in [0.5, 0.6) is 0 Å². The summed E-state index contributed by atoms with van der Waals surface area (Å²) in [5.41, 5.74) is -3.72. The molecule has 1 N–H and O–H groups in total. The van der Waals surface area contributed by atoms with E-state index < -0.39 is 71.9 Å². The van der Waals surface area contributed by atoms with Crippen LogP contribution in [-0.2, 0) is 9.59 Å². The maximum atomic E-state index is 14.8. The van der Waals surface area contributed by atoms with Crippen LogP contribution in [0, 0.1) is 6.92 Å². The summed E-state index contributed by atoms with van der Waals surface area (Å²) in [6, 6.07) is 3.30. The van der Waals surface area contributed by atoms with Gasteiger partial charge < -0.3 is 10.2 Å². The molecule has 0 aliphatic heterocycles. The minimum Gasteiger partial charge on any atom is -0.343 e. The number of aryl methyl sites for hydroxylation is 1. The van der Waals surface area contributed by atoms with E-state index in [2.05, 4.69) is 6.58 Å². The molecule has 0 fully saturated rings. The summed E-state index contributed by atoms with van der Waals surface area (Å²) in [4.78, 5) is 24.3. The van der Waals surface area contributed by atoms with E-state index in [9.17, 15) is 53.5 Å². The highest BCUT2D eigenvalue weighted by Crippen LogP contribution is 2.39. The largest absolute Gasteiger partial charge is 0.416 e. The van der Waals surface area contributed by atoms with E-state index in [4.69, 9.17) is 11.6 Å². The fourth-order valence-corrected chi connectivity index (χ4v) is 3.13. The predicted octanol–water partition coefficient (Wildman–Crippen LogP) is 7.28. The van der Waals surface area contributed by atoms with Crippen molar-refractivity contribution in [1.82, 2.24) is 10.2 Å². The number of nitrogens with one attached hydrogen (secondary N) is 1. The maximum absolute atomic E-state index is 14.8. The lowest BCUT2D eigenvalue weighted by Crippen LogP contribution is -2.42. The van der Waals surface area contributed by atoms with Crippen molar-refractivity contribution in [3.63, 3.8) is 0 Å². The van der Waals surface area contributed by atoms with Crippen molar-refractivity contribution in [2.24, 2.45) is 0 Å². The van der Waals surface area contributed by atoms with E-state index in [1.54, 1.807) is 5.32 Å². The molecule has 0 aromatic heterocycles. The van der Waals surface area contributed by atoms with Crippen LogP contribution in [-0.4, -0.2) is 55.4 Å². The fraction of sp³-hybridized carbons (Fsp3) is 0.360. The predicted molar refractivity (Wildman–Crippen MR) is 128 cm³/mol. The number of hydrogen-bond donors (Lipinski definition) is 1. The fourth-order valence-electron chi connectivity index (χ4n) is 3.02. The first-order valence-electron chi connectivity index (χ1n) is 11.0. The van der Waals surface area contributed by atoms with E-state index in [1.807, 2.05) is 0 Å². The first-order valence-corrected chi connectivity index (χ1v) is 11.4. The molecule has 0 radical (unpaired) electrons. The average Bonchev–Trinajstić information content (AvgIpc) is 2.79. The minimum absolute atomic E-state index is 0.166. The Morgan fingerprint density at radius 1 is 1.07 bits per heavy atom. The van der Waals surface area contributed by atoms with Crippen molar-refractivity contribution in [2.45, 2.75) is 38.3 Å². The Morgan fingerprint density at radius 3 is 2.12 bits per heavy atom. The number of benzene rings is 1. The van der Waals surface area contributed by atoms with Crippen molar-refractivity contribution in [1.29, 1.82) is 0 Å². The summed E-state index contributed by atoms with van der Waals surface area (Å²) < 4.78 is 133. The molecule has 40 heavy (non-hydrogen) atoms. The van der Waals surface area contributed by atoms with Crippen molar-refractivity contribution < 1.29 is 53.5 Å². The zero-order valence-electron chi connectivity index (χ0n) is 21.1. The Bertz CT molecular complexity index is 1210. The molecule has 0 bridgehead atoms. The van der Waals surface area contributed by atoms with Crippen LogP contribution in [0.25, 0.3) is 0 Å². The first-order chi connectivity index (χ1) is 18.0. The second-order valence-corrected chi connectivity index (χ2v) is 8.90. The standard InChI is InChI=1S/C25H23ClF10N2O2/c1-13(20(27)10-18(25(34,35)36)16-6-8-19(26)14(2)9-16)5-7-17(15(3)24(31,32)33)22(40)37-11-21(39)38(4)12-23(28,29)30/h5-10,18H,3,11-12H2,1-2,4H3,(H,37,40)/b13-5+,17-7+,20-10-. The molecule has 2 amide bonds. The Labute approximate surface area is 227 Å². The van der Waals surface area contributed by atoms with Crippen LogP contribution < -0.4 is 5.32 Å². The highest BCUT2D eigenvalue weighted by molar-refractivity contribution is 6.31. The zero-order chi connectivity index (χ0) is 31.2. The van der Waals surface area contributed by atoms with Gasteiger partial charge in [-0.25, -0.2) is 4.39 Å². The monoisotopic (exact) mass is 608 g/mol. The smallest absolute Gasteiger partial charge is 0.343 e. The Hall–Kier alpha value is -3.29. The van der Waals surface area contributed by atoms with E-state index in [0.717, 1.165) is 26.1 Å². The maximum Gasteiger partial charge on any atom is 0.416 e. The highest BCUT2D eigenvalue weighted by atomic mass is 35.5. The van der Waals surface area contributed by atoms with E-state index in [-0.39, 0.29) is 27.1 Å². The highest BCUT2D eigenvalue weighted by Gasteiger charge is 2.40. The molecule has 0 aliphatic carbocycles. The van der Waals surface area contributed by atoms with Crippen LogP contribution in [0.3, 0.4) is 0 Å². The second kappa shape index (κ2) is 13.4. The van der Waals surface area contributed by atoms with E-state index in [1.165, 1.54) is 13.0 Å². The van der Waals surface area contributed by atoms with Gasteiger partial charge in [-0.15, -0.1) is 0 Å². The van der Waals surface area contributed by atoms with Crippen molar-refractivity contribution >= 4 is 23.4 Å². The third-order valence-corrected chi connectivity index (χ3v) is 5.66. The third-order valence-electron chi connectivity index (χ3n) is 5.24. The van der Waals surface area contributed by atoms with Crippen LogP contribution in [0.15, 0.2) is 65.6 Å². The minimum atomic E-state index is -5.20. The van der Waals surface area contributed by atoms with Crippen molar-refractivity contribution in [2.75, 3.05) is 20.1 Å². The normalized spacial score (nSPS) is 14.6. The van der Waals surface area contributed by atoms with Gasteiger partial charge in [0.2, 0.25) is 5.91 Å². The first kappa shape index (κ1) is 34.7. The number of rotatable bonds is 9. The Balaban J connectivity index is 3.33.